The first-order chi connectivity index (χ1) is 14.1. The van der Waals surface area contributed by atoms with Crippen LogP contribution in [0.25, 0.3) is 0 Å². The van der Waals surface area contributed by atoms with E-state index in [0.29, 0.717) is 43.2 Å². The number of hydrogen-bond donors (Lipinski definition) is 0. The molecule has 1 amide bonds. The Hall–Kier alpha value is -3.27. The van der Waals surface area contributed by atoms with Crippen LogP contribution in [0.5, 0.6) is 11.5 Å². The zero-order chi connectivity index (χ0) is 20.6. The summed E-state index contributed by atoms with van der Waals surface area (Å²) in [4.78, 5) is 26.2. The highest BCUT2D eigenvalue weighted by atomic mass is 16.5. The second-order valence-electron chi connectivity index (χ2n) is 7.12. The number of pyridine rings is 1. The number of methoxy groups -OCH3 is 1. The van der Waals surface area contributed by atoms with Crippen molar-refractivity contribution in [2.45, 2.75) is 25.8 Å². The van der Waals surface area contributed by atoms with Crippen LogP contribution in [0.4, 0.5) is 0 Å². The van der Waals surface area contributed by atoms with Crippen LogP contribution < -0.4 is 15.0 Å². The number of ether oxygens (including phenoxy) is 2. The number of piperidine rings is 1. The van der Waals surface area contributed by atoms with Crippen molar-refractivity contribution in [3.05, 3.63) is 58.5 Å². The lowest BCUT2D eigenvalue weighted by atomic mass is 9.98. The molecule has 1 aliphatic heterocycles. The molecule has 0 bridgehead atoms. The standard InChI is InChI=1S/C22H25N3O4/c1-28-20-13-17(14-23)7-8-19(20)29-16-18-5-4-11-25(15-18)22(27)9-12-24-10-3-2-6-21(24)26/h2-3,6-8,10,13,18H,4-5,9,11-12,15-16H2,1H3. The van der Waals surface area contributed by atoms with Crippen LogP contribution in [-0.4, -0.2) is 42.2 Å². The molecule has 152 valence electrons. The number of likely N-dealkylation sites (tertiary alicyclic amines) is 1. The summed E-state index contributed by atoms with van der Waals surface area (Å²) in [6.45, 7) is 2.24. The van der Waals surface area contributed by atoms with Crippen molar-refractivity contribution in [1.29, 1.82) is 5.26 Å². The second-order valence-corrected chi connectivity index (χ2v) is 7.12. The number of carbonyl (C=O) groups excluding carboxylic acids is 1. The summed E-state index contributed by atoms with van der Waals surface area (Å²) >= 11 is 0. The molecule has 0 N–H and O–H groups in total. The van der Waals surface area contributed by atoms with Crippen molar-refractivity contribution < 1.29 is 14.3 Å². The molecule has 0 aliphatic carbocycles. The molecule has 1 saturated heterocycles. The minimum atomic E-state index is -0.0958. The number of nitriles is 1. The average molecular weight is 395 g/mol. The predicted octanol–water partition coefficient (Wildman–Crippen LogP) is 2.44. The van der Waals surface area contributed by atoms with Crippen molar-refractivity contribution in [2.75, 3.05) is 26.8 Å². The summed E-state index contributed by atoms with van der Waals surface area (Å²) < 4.78 is 12.8. The van der Waals surface area contributed by atoms with Gasteiger partial charge in [0.2, 0.25) is 5.91 Å². The fraction of sp³-hybridized carbons (Fsp3) is 0.409. The van der Waals surface area contributed by atoms with Gasteiger partial charge in [-0.2, -0.15) is 5.26 Å². The Bertz CT molecular complexity index is 948. The summed E-state index contributed by atoms with van der Waals surface area (Å²) in [5.74, 6) is 1.41. The average Bonchev–Trinajstić information content (AvgIpc) is 2.77. The maximum absolute atomic E-state index is 12.6. The third-order valence-corrected chi connectivity index (χ3v) is 5.10. The smallest absolute Gasteiger partial charge is 0.250 e. The number of benzene rings is 1. The Morgan fingerprint density at radius 1 is 1.28 bits per heavy atom. The Kier molecular flexibility index (Phi) is 6.90. The van der Waals surface area contributed by atoms with Gasteiger partial charge in [0.15, 0.2) is 11.5 Å². The van der Waals surface area contributed by atoms with Crippen LogP contribution in [0.15, 0.2) is 47.4 Å². The molecule has 3 rings (SSSR count). The number of rotatable bonds is 7. The highest BCUT2D eigenvalue weighted by Crippen LogP contribution is 2.29. The van der Waals surface area contributed by atoms with Gasteiger partial charge >= 0.3 is 0 Å². The van der Waals surface area contributed by atoms with Crippen LogP contribution in [-0.2, 0) is 11.3 Å². The Balaban J connectivity index is 1.53. The molecule has 1 aromatic carbocycles. The Morgan fingerprint density at radius 3 is 2.90 bits per heavy atom. The first kappa shape index (κ1) is 20.5. The van der Waals surface area contributed by atoms with Gasteiger partial charge < -0.3 is 18.9 Å². The van der Waals surface area contributed by atoms with Crippen LogP contribution in [0.2, 0.25) is 0 Å². The van der Waals surface area contributed by atoms with Crippen LogP contribution in [0, 0.1) is 17.2 Å². The lowest BCUT2D eigenvalue weighted by Gasteiger charge is -2.33. The van der Waals surface area contributed by atoms with Crippen molar-refractivity contribution in [3.8, 4) is 17.6 Å². The first-order valence-corrected chi connectivity index (χ1v) is 9.75. The molecule has 1 aromatic heterocycles. The number of carbonyl (C=O) groups is 1. The maximum atomic E-state index is 12.6. The van der Waals surface area contributed by atoms with Crippen molar-refractivity contribution >= 4 is 5.91 Å². The molecular formula is C22H25N3O4. The lowest BCUT2D eigenvalue weighted by molar-refractivity contribution is -0.133. The third kappa shape index (κ3) is 5.38. The predicted molar refractivity (Wildman–Crippen MR) is 108 cm³/mol. The van der Waals surface area contributed by atoms with Crippen LogP contribution in [0.3, 0.4) is 0 Å². The number of hydrogen-bond acceptors (Lipinski definition) is 5. The van der Waals surface area contributed by atoms with Gasteiger partial charge in [0, 0.05) is 50.3 Å². The SMILES string of the molecule is COc1cc(C#N)ccc1OCC1CCCN(C(=O)CCn2ccccc2=O)C1. The molecular weight excluding hydrogens is 370 g/mol. The largest absolute Gasteiger partial charge is 0.493 e. The minimum Gasteiger partial charge on any atom is -0.493 e. The van der Waals surface area contributed by atoms with E-state index < -0.39 is 0 Å². The minimum absolute atomic E-state index is 0.0569. The zero-order valence-electron chi connectivity index (χ0n) is 16.5. The molecule has 1 atom stereocenters. The van der Waals surface area contributed by atoms with Gasteiger partial charge in [-0.3, -0.25) is 9.59 Å². The molecule has 7 nitrogen and oxygen atoms in total. The quantitative estimate of drug-likeness (QED) is 0.719. The fourth-order valence-corrected chi connectivity index (χ4v) is 3.51. The number of aromatic nitrogens is 1. The molecule has 29 heavy (non-hydrogen) atoms. The van der Waals surface area contributed by atoms with Gasteiger partial charge in [0.05, 0.1) is 25.3 Å². The van der Waals surface area contributed by atoms with Gasteiger partial charge in [-0.05, 0) is 31.0 Å². The van der Waals surface area contributed by atoms with E-state index in [4.69, 9.17) is 14.7 Å². The maximum Gasteiger partial charge on any atom is 0.250 e. The molecule has 2 aromatic rings. The summed E-state index contributed by atoms with van der Waals surface area (Å²) in [5, 5.41) is 8.99. The van der Waals surface area contributed by atoms with Gasteiger partial charge in [-0.1, -0.05) is 6.07 Å². The van der Waals surface area contributed by atoms with E-state index in [-0.39, 0.29) is 17.4 Å². The summed E-state index contributed by atoms with van der Waals surface area (Å²) in [7, 11) is 1.54. The number of amides is 1. The van der Waals surface area contributed by atoms with E-state index in [9.17, 15) is 9.59 Å². The molecule has 0 saturated carbocycles. The van der Waals surface area contributed by atoms with E-state index in [2.05, 4.69) is 6.07 Å². The molecule has 1 unspecified atom stereocenters. The highest BCUT2D eigenvalue weighted by molar-refractivity contribution is 5.76. The van der Waals surface area contributed by atoms with Gasteiger partial charge in [0.25, 0.3) is 5.56 Å². The fourth-order valence-electron chi connectivity index (χ4n) is 3.51. The number of aryl methyl sites for hydroxylation is 1. The monoisotopic (exact) mass is 395 g/mol. The van der Waals surface area contributed by atoms with Gasteiger partial charge in [-0.15, -0.1) is 0 Å². The van der Waals surface area contributed by atoms with Crippen molar-refractivity contribution in [1.82, 2.24) is 9.47 Å². The summed E-state index contributed by atoms with van der Waals surface area (Å²) in [5.41, 5.74) is 0.419. The van der Waals surface area contributed by atoms with E-state index in [1.54, 1.807) is 48.2 Å². The normalized spacial score (nSPS) is 16.1. The summed E-state index contributed by atoms with van der Waals surface area (Å²) in [6, 6.07) is 12.1. The zero-order valence-corrected chi connectivity index (χ0v) is 16.5. The van der Waals surface area contributed by atoms with Crippen LogP contribution >= 0.6 is 0 Å². The van der Waals surface area contributed by atoms with E-state index in [1.165, 1.54) is 6.07 Å². The molecule has 2 heterocycles. The van der Waals surface area contributed by atoms with Crippen molar-refractivity contribution in [2.24, 2.45) is 5.92 Å². The van der Waals surface area contributed by atoms with E-state index >= 15 is 0 Å². The molecule has 7 heteroatoms. The topological polar surface area (TPSA) is 84.6 Å². The summed E-state index contributed by atoms with van der Waals surface area (Å²) in [6.07, 6.45) is 3.92. The van der Waals surface area contributed by atoms with Crippen LogP contribution in [0.1, 0.15) is 24.8 Å². The van der Waals surface area contributed by atoms with E-state index in [0.717, 1.165) is 19.4 Å². The first-order valence-electron chi connectivity index (χ1n) is 9.75. The number of nitrogens with zero attached hydrogens (tertiary/aromatic N) is 3. The molecule has 1 fully saturated rings. The Labute approximate surface area is 170 Å². The Morgan fingerprint density at radius 2 is 2.14 bits per heavy atom. The molecule has 1 aliphatic rings. The van der Waals surface area contributed by atoms with E-state index in [1.807, 2.05) is 4.90 Å². The highest BCUT2D eigenvalue weighted by Gasteiger charge is 2.24. The van der Waals surface area contributed by atoms with Gasteiger partial charge in [-0.25, -0.2) is 0 Å². The lowest BCUT2D eigenvalue weighted by Crippen LogP contribution is -2.42. The third-order valence-electron chi connectivity index (χ3n) is 5.10. The molecule has 0 spiro atoms. The van der Waals surface area contributed by atoms with Crippen molar-refractivity contribution in [3.63, 3.8) is 0 Å². The molecule has 0 radical (unpaired) electrons. The second kappa shape index (κ2) is 9.78. The van der Waals surface area contributed by atoms with Gasteiger partial charge in [0.1, 0.15) is 0 Å².